The van der Waals surface area contributed by atoms with Gasteiger partial charge in [-0.2, -0.15) is 0 Å². The van der Waals surface area contributed by atoms with E-state index >= 15 is 0 Å². The third-order valence-electron chi connectivity index (χ3n) is 2.12. The SMILES string of the molecule is C=C(C)C(=O)C(CC=O)(CC(=O)O)C(=O)O. The van der Waals surface area contributed by atoms with E-state index in [-0.39, 0.29) is 11.9 Å². The van der Waals surface area contributed by atoms with Crippen LogP contribution < -0.4 is 0 Å². The lowest BCUT2D eigenvalue weighted by Gasteiger charge is -2.23. The number of hydrogen-bond donors (Lipinski definition) is 2. The summed E-state index contributed by atoms with van der Waals surface area (Å²) in [5.41, 5.74) is -2.33. The van der Waals surface area contributed by atoms with Gasteiger partial charge in [-0.15, -0.1) is 0 Å². The number of ketones is 1. The Hall–Kier alpha value is -1.98. The van der Waals surface area contributed by atoms with Gasteiger partial charge in [0.25, 0.3) is 0 Å². The molecule has 0 saturated heterocycles. The van der Waals surface area contributed by atoms with Crippen molar-refractivity contribution in [1.29, 1.82) is 0 Å². The summed E-state index contributed by atoms with van der Waals surface area (Å²) in [4.78, 5) is 43.6. The van der Waals surface area contributed by atoms with Crippen LogP contribution in [0.1, 0.15) is 19.8 Å². The number of allylic oxidation sites excluding steroid dienone is 1. The smallest absolute Gasteiger partial charge is 0.318 e. The second kappa shape index (κ2) is 5.20. The van der Waals surface area contributed by atoms with Crippen molar-refractivity contribution >= 4 is 24.0 Å². The van der Waals surface area contributed by atoms with Crippen molar-refractivity contribution in [2.75, 3.05) is 0 Å². The molecule has 16 heavy (non-hydrogen) atoms. The molecule has 0 fully saturated rings. The van der Waals surface area contributed by atoms with Crippen LogP contribution in [0.25, 0.3) is 0 Å². The van der Waals surface area contributed by atoms with Crippen molar-refractivity contribution in [1.82, 2.24) is 0 Å². The first-order valence-electron chi connectivity index (χ1n) is 4.37. The van der Waals surface area contributed by atoms with Crippen molar-refractivity contribution in [3.63, 3.8) is 0 Å². The molecule has 0 radical (unpaired) electrons. The van der Waals surface area contributed by atoms with Crippen LogP contribution in [0.5, 0.6) is 0 Å². The van der Waals surface area contributed by atoms with E-state index in [1.807, 2.05) is 0 Å². The summed E-state index contributed by atoms with van der Waals surface area (Å²) in [7, 11) is 0. The van der Waals surface area contributed by atoms with Gasteiger partial charge in [-0.25, -0.2) is 0 Å². The minimum atomic E-state index is -2.24. The van der Waals surface area contributed by atoms with E-state index < -0.39 is 36.0 Å². The number of carboxylic acid groups (broad SMARTS) is 2. The molecule has 0 rings (SSSR count). The maximum absolute atomic E-state index is 11.6. The molecule has 0 aromatic heterocycles. The molecule has 6 nitrogen and oxygen atoms in total. The lowest BCUT2D eigenvalue weighted by molar-refractivity contribution is -0.161. The number of Topliss-reactive ketones (excluding diaryl/α,β-unsaturated/α-hetero) is 1. The van der Waals surface area contributed by atoms with Gasteiger partial charge in [0.1, 0.15) is 11.7 Å². The number of carbonyl (C=O) groups excluding carboxylic acids is 2. The van der Waals surface area contributed by atoms with E-state index in [1.165, 1.54) is 6.92 Å². The standard InChI is InChI=1S/C10H12O6/c1-6(2)8(14)10(3-4-11,9(15)16)5-7(12)13/h4H,1,3,5H2,2H3,(H,12,13)(H,15,16). The Labute approximate surface area is 91.6 Å². The molecule has 0 aliphatic rings. The molecule has 88 valence electrons. The highest BCUT2D eigenvalue weighted by molar-refractivity contribution is 6.13. The fraction of sp³-hybridized carbons (Fsp3) is 0.400. The Morgan fingerprint density at radius 2 is 1.81 bits per heavy atom. The highest BCUT2D eigenvalue weighted by atomic mass is 16.4. The number of carboxylic acids is 2. The van der Waals surface area contributed by atoms with Gasteiger partial charge >= 0.3 is 11.9 Å². The van der Waals surface area contributed by atoms with Gasteiger partial charge in [0.2, 0.25) is 0 Å². The van der Waals surface area contributed by atoms with Crippen molar-refractivity contribution in [3.8, 4) is 0 Å². The molecule has 1 atom stereocenters. The molecule has 0 bridgehead atoms. The summed E-state index contributed by atoms with van der Waals surface area (Å²) in [5, 5.41) is 17.5. The van der Waals surface area contributed by atoms with Gasteiger partial charge < -0.3 is 15.0 Å². The van der Waals surface area contributed by atoms with E-state index in [9.17, 15) is 19.2 Å². The lowest BCUT2D eigenvalue weighted by atomic mass is 9.75. The topological polar surface area (TPSA) is 109 Å². The van der Waals surface area contributed by atoms with Crippen molar-refractivity contribution in [2.45, 2.75) is 19.8 Å². The van der Waals surface area contributed by atoms with E-state index in [4.69, 9.17) is 10.2 Å². The first kappa shape index (κ1) is 14.0. The van der Waals surface area contributed by atoms with Gasteiger partial charge in [0, 0.05) is 6.42 Å². The van der Waals surface area contributed by atoms with Gasteiger partial charge in [0.05, 0.1) is 6.42 Å². The van der Waals surface area contributed by atoms with Crippen LogP contribution >= 0.6 is 0 Å². The first-order chi connectivity index (χ1) is 7.27. The fourth-order valence-electron chi connectivity index (χ4n) is 1.31. The molecule has 1 unspecified atom stereocenters. The van der Waals surface area contributed by atoms with Crippen LogP contribution in [-0.4, -0.2) is 34.2 Å². The quantitative estimate of drug-likeness (QED) is 0.367. The molecular weight excluding hydrogens is 216 g/mol. The second-order valence-electron chi connectivity index (χ2n) is 3.44. The Balaban J connectivity index is 5.49. The Morgan fingerprint density at radius 1 is 1.31 bits per heavy atom. The molecule has 0 saturated carbocycles. The van der Waals surface area contributed by atoms with Crippen molar-refractivity contribution in [2.24, 2.45) is 5.41 Å². The molecule has 0 aromatic carbocycles. The average molecular weight is 228 g/mol. The van der Waals surface area contributed by atoms with Crippen LogP contribution in [0, 0.1) is 5.41 Å². The zero-order valence-corrected chi connectivity index (χ0v) is 8.73. The van der Waals surface area contributed by atoms with Gasteiger partial charge in [-0.05, 0) is 12.5 Å². The molecule has 0 aliphatic carbocycles. The van der Waals surface area contributed by atoms with Gasteiger partial charge in [0.15, 0.2) is 5.78 Å². The Bertz CT molecular complexity index is 356. The maximum Gasteiger partial charge on any atom is 0.318 e. The molecule has 0 aromatic rings. The van der Waals surface area contributed by atoms with Crippen LogP contribution in [0.3, 0.4) is 0 Å². The minimum absolute atomic E-state index is 0.0921. The van der Waals surface area contributed by atoms with Crippen LogP contribution in [0.4, 0.5) is 0 Å². The second-order valence-corrected chi connectivity index (χ2v) is 3.44. The molecule has 2 N–H and O–H groups in total. The van der Waals surface area contributed by atoms with E-state index in [0.29, 0.717) is 0 Å². The van der Waals surface area contributed by atoms with Crippen molar-refractivity contribution < 1.29 is 29.4 Å². The largest absolute Gasteiger partial charge is 0.481 e. The highest BCUT2D eigenvalue weighted by Crippen LogP contribution is 2.30. The predicted octanol–water partition coefficient (Wildman–Crippen LogP) is 0.266. The average Bonchev–Trinajstić information content (AvgIpc) is 2.14. The summed E-state index contributed by atoms with van der Waals surface area (Å²) in [6, 6.07) is 0. The van der Waals surface area contributed by atoms with E-state index in [2.05, 4.69) is 6.58 Å². The number of rotatable bonds is 7. The Morgan fingerprint density at radius 3 is 2.06 bits per heavy atom. The summed E-state index contributed by atoms with van der Waals surface area (Å²) < 4.78 is 0. The number of aldehydes is 1. The Kier molecular flexibility index (Phi) is 4.56. The van der Waals surface area contributed by atoms with Gasteiger partial charge in [-0.1, -0.05) is 6.58 Å². The summed E-state index contributed by atoms with van der Waals surface area (Å²) >= 11 is 0. The molecule has 0 heterocycles. The minimum Gasteiger partial charge on any atom is -0.481 e. The maximum atomic E-state index is 11.6. The van der Waals surface area contributed by atoms with E-state index in [1.54, 1.807) is 0 Å². The van der Waals surface area contributed by atoms with E-state index in [0.717, 1.165) is 0 Å². The summed E-state index contributed by atoms with van der Waals surface area (Å²) in [6.45, 7) is 4.54. The third kappa shape index (κ3) is 2.75. The monoisotopic (exact) mass is 228 g/mol. The zero-order chi connectivity index (χ0) is 12.9. The van der Waals surface area contributed by atoms with Crippen LogP contribution in [-0.2, 0) is 19.2 Å². The van der Waals surface area contributed by atoms with Crippen LogP contribution in [0.15, 0.2) is 12.2 Å². The number of aliphatic carboxylic acids is 2. The number of carbonyl (C=O) groups is 4. The molecule has 0 aliphatic heterocycles. The predicted molar refractivity (Wildman–Crippen MR) is 52.8 cm³/mol. The molecule has 6 heteroatoms. The highest BCUT2D eigenvalue weighted by Gasteiger charge is 2.47. The molecular formula is C10H12O6. The summed E-state index contributed by atoms with van der Waals surface area (Å²) in [5.74, 6) is -4.02. The lowest BCUT2D eigenvalue weighted by Crippen LogP contribution is -2.42. The summed E-state index contributed by atoms with van der Waals surface area (Å²) in [6.07, 6.45) is -1.40. The number of hydrogen-bond acceptors (Lipinski definition) is 4. The van der Waals surface area contributed by atoms with Crippen molar-refractivity contribution in [3.05, 3.63) is 12.2 Å². The van der Waals surface area contributed by atoms with Gasteiger partial charge in [-0.3, -0.25) is 14.4 Å². The molecule has 0 amide bonds. The fourth-order valence-corrected chi connectivity index (χ4v) is 1.31. The zero-order valence-electron chi connectivity index (χ0n) is 8.73. The van der Waals surface area contributed by atoms with Crippen LogP contribution in [0.2, 0.25) is 0 Å². The molecule has 0 spiro atoms. The third-order valence-corrected chi connectivity index (χ3v) is 2.12. The normalized spacial score (nSPS) is 13.6. The first-order valence-corrected chi connectivity index (χ1v) is 4.37.